The lowest BCUT2D eigenvalue weighted by atomic mass is 10.2. The molecule has 0 unspecified atom stereocenters. The minimum Gasteiger partial charge on any atom is -0.450 e. The molecule has 8 rings (SSSR count). The van der Waals surface area contributed by atoms with Crippen LogP contribution < -0.4 is 0 Å². The van der Waals surface area contributed by atoms with Gasteiger partial charge in [0, 0.05) is 12.1 Å². The monoisotopic (exact) mass is 548 g/mol. The first kappa shape index (κ1) is 25.3. The number of nitrogens with zero attached hydrogens (tertiary/aromatic N) is 4. The number of hydrogen-bond acceptors (Lipinski definition) is 12. The van der Waals surface area contributed by atoms with Crippen LogP contribution in [0, 0.1) is 40.5 Å². The summed E-state index contributed by atoms with van der Waals surface area (Å²) in [5.74, 6) is 0. The quantitative estimate of drug-likeness (QED) is 0.161. The van der Waals surface area contributed by atoms with Crippen LogP contribution in [0.5, 0.6) is 0 Å². The van der Waals surface area contributed by atoms with Crippen molar-refractivity contribution in [2.75, 3.05) is 0 Å². The van der Waals surface area contributed by atoms with E-state index < -0.39 is 42.4 Å². The van der Waals surface area contributed by atoms with Gasteiger partial charge in [-0.2, -0.15) is 0 Å². The van der Waals surface area contributed by atoms with Crippen molar-refractivity contribution in [2.24, 2.45) is 0 Å². The predicted octanol–water partition coefficient (Wildman–Crippen LogP) is 7.12. The highest BCUT2D eigenvalue weighted by molar-refractivity contribution is 5.80. The molecule has 0 saturated heterocycles. The Hall–Kier alpha value is -6.32. The van der Waals surface area contributed by atoms with Gasteiger partial charge in [-0.25, -0.2) is 0 Å². The van der Waals surface area contributed by atoms with Gasteiger partial charge in [0.1, 0.15) is 34.5 Å². The maximum absolute atomic E-state index is 11.6. The topological polar surface area (TPSA) is 225 Å². The maximum Gasteiger partial charge on any atom is 0.318 e. The van der Waals surface area contributed by atoms with Crippen LogP contribution in [0.25, 0.3) is 44.7 Å². The first-order valence-electron chi connectivity index (χ1n) is 10.9. The highest BCUT2D eigenvalue weighted by Crippen LogP contribution is 2.33. The third-order valence-corrected chi connectivity index (χ3v) is 5.43. The summed E-state index contributed by atoms with van der Waals surface area (Å²) >= 11 is 0. The maximum atomic E-state index is 11.6. The normalized spacial score (nSPS) is 10.8. The third kappa shape index (κ3) is 4.94. The molecule has 4 aromatic heterocycles. The molecule has 4 aromatic carbocycles. The highest BCUT2D eigenvalue weighted by Gasteiger charge is 2.24. The molecule has 8 aromatic rings. The molecule has 200 valence electrons. The van der Waals surface area contributed by atoms with Crippen molar-refractivity contribution in [1.29, 1.82) is 0 Å². The molecule has 0 aliphatic rings. The Labute approximate surface area is 218 Å². The number of hydrogen-bond donors (Lipinski definition) is 0. The van der Waals surface area contributed by atoms with E-state index >= 15 is 0 Å². The predicted molar refractivity (Wildman–Crippen MR) is 136 cm³/mol. The summed E-state index contributed by atoms with van der Waals surface area (Å²) in [7, 11) is 0. The van der Waals surface area contributed by atoms with Crippen LogP contribution in [0.4, 0.5) is 22.7 Å². The molecule has 40 heavy (non-hydrogen) atoms. The fraction of sp³-hybridized carbons (Fsp3) is 0. The molecule has 0 atom stereocenters. The lowest BCUT2D eigenvalue weighted by Crippen LogP contribution is -1.94. The Balaban J connectivity index is 1.97. The molecule has 16 nitrogen and oxygen atoms in total. The summed E-state index contributed by atoms with van der Waals surface area (Å²) in [4.78, 5) is 43.1. The van der Waals surface area contributed by atoms with E-state index in [-0.39, 0.29) is 44.7 Å². The molecular weight excluding hydrogens is 536 g/mol. The van der Waals surface area contributed by atoms with Gasteiger partial charge in [0.25, 0.3) is 0 Å². The molecule has 4 heterocycles. The first-order valence-corrected chi connectivity index (χ1v) is 10.9. The van der Waals surface area contributed by atoms with E-state index in [1.807, 2.05) is 0 Å². The summed E-state index contributed by atoms with van der Waals surface area (Å²) in [6.45, 7) is 0. The lowest BCUT2D eigenvalue weighted by molar-refractivity contribution is -0.393. The zero-order valence-electron chi connectivity index (χ0n) is 19.6. The van der Waals surface area contributed by atoms with Gasteiger partial charge < -0.3 is 17.7 Å². The molecule has 0 N–H and O–H groups in total. The number of nitro benzene ring substituents is 4. The van der Waals surface area contributed by atoms with Crippen molar-refractivity contribution in [3.05, 3.63) is 113 Å². The average Bonchev–Trinajstić information content (AvgIpc) is 2.90. The van der Waals surface area contributed by atoms with Crippen molar-refractivity contribution < 1.29 is 37.4 Å². The molecule has 0 aliphatic carbocycles. The summed E-state index contributed by atoms with van der Waals surface area (Å²) in [5.41, 5.74) is -4.09. The fourth-order valence-corrected chi connectivity index (χ4v) is 3.63. The van der Waals surface area contributed by atoms with Gasteiger partial charge in [-0.05, 0) is 48.5 Å². The van der Waals surface area contributed by atoms with Gasteiger partial charge in [0.2, 0.25) is 22.3 Å². The summed E-state index contributed by atoms with van der Waals surface area (Å²) < 4.78 is 22.5. The van der Waals surface area contributed by atoms with E-state index in [0.717, 1.165) is 12.1 Å². The Bertz CT molecular complexity index is 1720. The molecular formula is C24H12N4O12. The number of benzene rings is 4. The van der Waals surface area contributed by atoms with Crippen molar-refractivity contribution in [3.8, 4) is 0 Å². The zero-order chi connectivity index (χ0) is 28.6. The third-order valence-electron chi connectivity index (χ3n) is 5.43. The average molecular weight is 548 g/mol. The smallest absolute Gasteiger partial charge is 0.318 e. The summed E-state index contributed by atoms with van der Waals surface area (Å²) in [5, 5.41) is 46.6. The van der Waals surface area contributed by atoms with Gasteiger partial charge in [0.05, 0.1) is 19.7 Å². The van der Waals surface area contributed by atoms with E-state index in [4.69, 9.17) is 17.7 Å². The van der Waals surface area contributed by atoms with Crippen LogP contribution in [-0.4, -0.2) is 19.7 Å². The first-order chi connectivity index (χ1) is 19.1. The van der Waals surface area contributed by atoms with Gasteiger partial charge in [-0.15, -0.1) is 0 Å². The van der Waals surface area contributed by atoms with E-state index in [1.165, 1.54) is 48.5 Å². The molecule has 0 fully saturated rings. The second kappa shape index (κ2) is 9.86. The number of nitro groups is 4. The Kier molecular flexibility index (Phi) is 6.24. The molecule has 16 heteroatoms. The Morgan fingerprint density at radius 1 is 0.375 bits per heavy atom. The van der Waals surface area contributed by atoms with Gasteiger partial charge in [-0.3, -0.25) is 40.5 Å². The van der Waals surface area contributed by atoms with Gasteiger partial charge >= 0.3 is 22.7 Å². The molecule has 0 saturated carbocycles. The van der Waals surface area contributed by atoms with Crippen LogP contribution in [0.2, 0.25) is 0 Å². The van der Waals surface area contributed by atoms with Gasteiger partial charge in [-0.1, -0.05) is 0 Å². The largest absolute Gasteiger partial charge is 0.450 e. The number of rotatable bonds is 4. The minimum absolute atomic E-state index is 0.0444. The molecule has 0 amide bonds. The second-order valence-corrected chi connectivity index (χ2v) is 7.95. The molecule has 0 radical (unpaired) electrons. The van der Waals surface area contributed by atoms with E-state index in [1.54, 1.807) is 0 Å². The van der Waals surface area contributed by atoms with E-state index in [0.29, 0.717) is 12.1 Å². The molecule has 0 aliphatic heterocycles. The lowest BCUT2D eigenvalue weighted by Gasteiger charge is -2.00. The summed E-state index contributed by atoms with van der Waals surface area (Å²) in [6.07, 6.45) is 0. The second-order valence-electron chi connectivity index (χ2n) is 7.95. The van der Waals surface area contributed by atoms with E-state index in [2.05, 4.69) is 0 Å². The Morgan fingerprint density at radius 2 is 0.575 bits per heavy atom. The molecule has 8 bridgehead atoms. The minimum atomic E-state index is -0.854. The molecule has 0 spiro atoms. The van der Waals surface area contributed by atoms with Crippen molar-refractivity contribution in [2.45, 2.75) is 0 Å². The van der Waals surface area contributed by atoms with Gasteiger partial charge in [0.15, 0.2) is 0 Å². The van der Waals surface area contributed by atoms with Crippen molar-refractivity contribution in [1.82, 2.24) is 0 Å². The van der Waals surface area contributed by atoms with Crippen LogP contribution in [0.1, 0.15) is 0 Å². The van der Waals surface area contributed by atoms with Crippen molar-refractivity contribution in [3.63, 3.8) is 0 Å². The SMILES string of the molecule is O=[N+]([O-])c1cc([N+](=O)[O-])c2cc1oc1ccc(cc1)oc1cc(oc3ccc(cc3)o2)c([N+](=O)[O-])cc1[N+](=O)[O-]. The fourth-order valence-electron chi connectivity index (χ4n) is 3.63. The van der Waals surface area contributed by atoms with Crippen molar-refractivity contribution >= 4 is 67.4 Å². The van der Waals surface area contributed by atoms with Crippen LogP contribution in [0.3, 0.4) is 0 Å². The summed E-state index contributed by atoms with van der Waals surface area (Å²) in [6, 6.07) is 13.9. The van der Waals surface area contributed by atoms with Crippen LogP contribution in [0.15, 0.2) is 90.5 Å². The van der Waals surface area contributed by atoms with Crippen LogP contribution >= 0.6 is 0 Å². The highest BCUT2D eigenvalue weighted by atomic mass is 16.6. The standard InChI is InChI=1S/C24H12N4O12/c29-25(30)17-9-19(27(33)34)23-11-21(17)37-13-1-2-14(4-3-13)38-22-12-24(20(28(35)36)10-18(22)26(31)32)40-16-7-5-15(39-23)6-8-16/h1-12H. The van der Waals surface area contributed by atoms with Crippen LogP contribution in [-0.2, 0) is 0 Å². The number of non-ortho nitro benzene ring substituents is 4. The Morgan fingerprint density at radius 3 is 0.750 bits per heavy atom. The zero-order valence-corrected chi connectivity index (χ0v) is 19.6. The van der Waals surface area contributed by atoms with E-state index in [9.17, 15) is 40.5 Å².